The molecule has 0 unspecified atom stereocenters. The van der Waals surface area contributed by atoms with Gasteiger partial charge in [0.25, 0.3) is 5.56 Å². The number of hydrogen-bond acceptors (Lipinski definition) is 3. The van der Waals surface area contributed by atoms with Crippen LogP contribution in [0, 0.1) is 5.92 Å². The van der Waals surface area contributed by atoms with Crippen molar-refractivity contribution in [3.63, 3.8) is 0 Å². The Kier molecular flexibility index (Phi) is 5.99. The maximum absolute atomic E-state index is 11.8. The van der Waals surface area contributed by atoms with Crippen LogP contribution < -0.4 is 10.9 Å². The van der Waals surface area contributed by atoms with Gasteiger partial charge in [0.2, 0.25) is 5.91 Å². The largest absolute Gasteiger partial charge is 0.376 e. The van der Waals surface area contributed by atoms with Gasteiger partial charge in [-0.2, -0.15) is 0 Å². The molecule has 1 aromatic rings. The van der Waals surface area contributed by atoms with Crippen molar-refractivity contribution in [1.82, 2.24) is 9.88 Å². The first-order chi connectivity index (χ1) is 10.2. The monoisotopic (exact) mass is 292 g/mol. The third kappa shape index (κ3) is 5.01. The van der Waals surface area contributed by atoms with Gasteiger partial charge in [-0.15, -0.1) is 0 Å². The Balaban J connectivity index is 1.65. The first-order valence-electron chi connectivity index (χ1n) is 7.70. The molecular weight excluding hydrogens is 268 g/mol. The molecule has 1 aliphatic carbocycles. The summed E-state index contributed by atoms with van der Waals surface area (Å²) in [6.07, 6.45) is 6.82. The molecule has 0 radical (unpaired) electrons. The molecule has 1 amide bonds. The Hall–Kier alpha value is -1.62. The summed E-state index contributed by atoms with van der Waals surface area (Å²) in [5.74, 6) is 0.445. The number of rotatable bonds is 6. The van der Waals surface area contributed by atoms with Gasteiger partial charge in [0.05, 0.1) is 12.7 Å². The average Bonchev–Trinajstić information content (AvgIpc) is 2.48. The summed E-state index contributed by atoms with van der Waals surface area (Å²) in [4.78, 5) is 23.2. The zero-order valence-corrected chi connectivity index (χ0v) is 12.6. The normalized spacial score (nSPS) is 22.0. The fraction of sp³-hybridized carbons (Fsp3) is 0.625. The van der Waals surface area contributed by atoms with E-state index in [9.17, 15) is 9.59 Å². The number of carbonyl (C=O) groups excluding carboxylic acids is 1. The van der Waals surface area contributed by atoms with Gasteiger partial charge in [0, 0.05) is 18.8 Å². The summed E-state index contributed by atoms with van der Waals surface area (Å²) >= 11 is 0. The van der Waals surface area contributed by atoms with Crippen LogP contribution in [0.3, 0.4) is 0 Å². The highest BCUT2D eigenvalue weighted by atomic mass is 16.5. The molecule has 1 saturated carbocycles. The lowest BCUT2D eigenvalue weighted by molar-refractivity contribution is -0.122. The van der Waals surface area contributed by atoms with Gasteiger partial charge >= 0.3 is 0 Å². The molecule has 2 atom stereocenters. The van der Waals surface area contributed by atoms with E-state index in [0.717, 1.165) is 6.42 Å². The van der Waals surface area contributed by atoms with Crippen LogP contribution in [-0.2, 0) is 16.1 Å². The van der Waals surface area contributed by atoms with Crippen molar-refractivity contribution >= 4 is 5.91 Å². The third-order valence-corrected chi connectivity index (χ3v) is 4.00. The third-order valence-electron chi connectivity index (χ3n) is 4.00. The molecule has 0 spiro atoms. The standard InChI is InChI=1S/C16H24N2O3/c1-13-6-2-3-7-14(13)21-11-9-17-15(19)12-18-10-5-4-8-16(18)20/h4-5,8,10,13-14H,2-3,6-7,9,11-12H2,1H3,(H,17,19)/t13-,14-/m0/s1. The lowest BCUT2D eigenvalue weighted by Crippen LogP contribution is -2.35. The van der Waals surface area contributed by atoms with Gasteiger partial charge in [0.15, 0.2) is 0 Å². The van der Waals surface area contributed by atoms with E-state index < -0.39 is 0 Å². The minimum atomic E-state index is -0.167. The molecule has 2 rings (SSSR count). The minimum Gasteiger partial charge on any atom is -0.376 e. The lowest BCUT2D eigenvalue weighted by atomic mass is 9.88. The molecule has 1 N–H and O–H groups in total. The molecule has 0 aliphatic heterocycles. The van der Waals surface area contributed by atoms with Crippen molar-refractivity contribution < 1.29 is 9.53 Å². The second-order valence-corrected chi connectivity index (χ2v) is 5.69. The smallest absolute Gasteiger partial charge is 0.250 e. The quantitative estimate of drug-likeness (QED) is 0.809. The molecule has 1 fully saturated rings. The SMILES string of the molecule is C[C@H]1CCCC[C@@H]1OCCNC(=O)Cn1ccccc1=O. The van der Waals surface area contributed by atoms with E-state index >= 15 is 0 Å². The van der Waals surface area contributed by atoms with Gasteiger partial charge in [-0.05, 0) is 24.8 Å². The molecule has 0 saturated heterocycles. The minimum absolute atomic E-state index is 0.0551. The van der Waals surface area contributed by atoms with E-state index in [1.165, 1.54) is 29.9 Å². The Morgan fingerprint density at radius 1 is 1.38 bits per heavy atom. The fourth-order valence-corrected chi connectivity index (χ4v) is 2.73. The van der Waals surface area contributed by atoms with Gasteiger partial charge in [-0.25, -0.2) is 0 Å². The van der Waals surface area contributed by atoms with Crippen molar-refractivity contribution in [1.29, 1.82) is 0 Å². The zero-order chi connectivity index (χ0) is 15.1. The topological polar surface area (TPSA) is 60.3 Å². The predicted molar refractivity (Wildman–Crippen MR) is 81.1 cm³/mol. The highest BCUT2D eigenvalue weighted by Crippen LogP contribution is 2.25. The van der Waals surface area contributed by atoms with Crippen molar-refractivity contribution in [2.24, 2.45) is 5.92 Å². The first-order valence-corrected chi connectivity index (χ1v) is 7.70. The van der Waals surface area contributed by atoms with Crippen LogP contribution in [0.4, 0.5) is 0 Å². The van der Waals surface area contributed by atoms with Gasteiger partial charge < -0.3 is 14.6 Å². The van der Waals surface area contributed by atoms with Crippen molar-refractivity contribution in [2.45, 2.75) is 45.3 Å². The molecule has 21 heavy (non-hydrogen) atoms. The van der Waals surface area contributed by atoms with Crippen LogP contribution in [-0.4, -0.2) is 29.7 Å². The van der Waals surface area contributed by atoms with Crippen molar-refractivity contribution in [3.8, 4) is 0 Å². The Labute approximate surface area is 125 Å². The molecule has 0 aromatic carbocycles. The molecule has 1 aliphatic rings. The number of nitrogens with one attached hydrogen (secondary N) is 1. The Morgan fingerprint density at radius 3 is 2.95 bits per heavy atom. The van der Waals surface area contributed by atoms with Crippen molar-refractivity contribution in [2.75, 3.05) is 13.2 Å². The predicted octanol–water partition coefficient (Wildman–Crippen LogP) is 1.56. The van der Waals surface area contributed by atoms with Crippen LogP contribution in [0.2, 0.25) is 0 Å². The van der Waals surface area contributed by atoms with Gasteiger partial charge in [0.1, 0.15) is 6.54 Å². The molecular formula is C16H24N2O3. The first kappa shape index (κ1) is 15.8. The zero-order valence-electron chi connectivity index (χ0n) is 12.6. The maximum Gasteiger partial charge on any atom is 0.250 e. The van der Waals surface area contributed by atoms with Gasteiger partial charge in [-0.1, -0.05) is 25.8 Å². The van der Waals surface area contributed by atoms with Gasteiger partial charge in [-0.3, -0.25) is 9.59 Å². The Morgan fingerprint density at radius 2 is 2.19 bits per heavy atom. The van der Waals surface area contributed by atoms with E-state index in [2.05, 4.69) is 12.2 Å². The summed E-state index contributed by atoms with van der Waals surface area (Å²) in [5.41, 5.74) is -0.167. The lowest BCUT2D eigenvalue weighted by Gasteiger charge is -2.28. The van der Waals surface area contributed by atoms with Crippen molar-refractivity contribution in [3.05, 3.63) is 34.7 Å². The Bertz CT molecular complexity index is 512. The molecule has 116 valence electrons. The van der Waals surface area contributed by atoms with Crippen LogP contribution in [0.15, 0.2) is 29.2 Å². The summed E-state index contributed by atoms with van der Waals surface area (Å²) in [6, 6.07) is 4.85. The number of ether oxygens (including phenoxy) is 1. The number of amides is 1. The van der Waals surface area contributed by atoms with E-state index in [1.54, 1.807) is 18.3 Å². The number of aromatic nitrogens is 1. The van der Waals surface area contributed by atoms with Crippen LogP contribution in [0.5, 0.6) is 0 Å². The van der Waals surface area contributed by atoms with Crippen LogP contribution >= 0.6 is 0 Å². The number of nitrogens with zero attached hydrogens (tertiary/aromatic N) is 1. The summed E-state index contributed by atoms with van der Waals surface area (Å²) in [6.45, 7) is 3.30. The maximum atomic E-state index is 11.8. The number of carbonyl (C=O) groups is 1. The van der Waals surface area contributed by atoms with E-state index in [-0.39, 0.29) is 18.0 Å². The summed E-state index contributed by atoms with van der Waals surface area (Å²) in [5, 5.41) is 2.79. The van der Waals surface area contributed by atoms with E-state index in [4.69, 9.17) is 4.74 Å². The molecule has 1 aromatic heterocycles. The highest BCUT2D eigenvalue weighted by molar-refractivity contribution is 5.75. The number of pyridine rings is 1. The average molecular weight is 292 g/mol. The van der Waals surface area contributed by atoms with E-state index in [0.29, 0.717) is 25.2 Å². The highest BCUT2D eigenvalue weighted by Gasteiger charge is 2.21. The van der Waals surface area contributed by atoms with Crippen LogP contribution in [0.1, 0.15) is 32.6 Å². The summed E-state index contributed by atoms with van der Waals surface area (Å²) < 4.78 is 7.22. The second kappa shape index (κ2) is 7.98. The molecule has 5 nitrogen and oxygen atoms in total. The fourth-order valence-electron chi connectivity index (χ4n) is 2.73. The molecule has 1 heterocycles. The number of hydrogen-bond donors (Lipinski definition) is 1. The molecule has 0 bridgehead atoms. The van der Waals surface area contributed by atoms with E-state index in [1.807, 2.05) is 0 Å². The van der Waals surface area contributed by atoms with Crippen LogP contribution in [0.25, 0.3) is 0 Å². The molecule has 5 heteroatoms. The summed E-state index contributed by atoms with van der Waals surface area (Å²) in [7, 11) is 0. The second-order valence-electron chi connectivity index (χ2n) is 5.69.